The van der Waals surface area contributed by atoms with Gasteiger partial charge in [0.05, 0.1) is 24.2 Å². The second kappa shape index (κ2) is 8.70. The number of carbonyl (C=O) groups is 1. The average Bonchev–Trinajstić information content (AvgIpc) is 2.63. The third-order valence-corrected chi connectivity index (χ3v) is 6.28. The third kappa shape index (κ3) is 4.46. The van der Waals surface area contributed by atoms with Crippen LogP contribution in [0.3, 0.4) is 0 Å². The summed E-state index contributed by atoms with van der Waals surface area (Å²) in [5.74, 6) is 0.527. The molecule has 0 saturated carbocycles. The van der Waals surface area contributed by atoms with E-state index >= 15 is 0 Å². The first-order valence-corrected chi connectivity index (χ1v) is 10.2. The number of piperazine rings is 1. The van der Waals surface area contributed by atoms with E-state index < -0.39 is 22.0 Å². The van der Waals surface area contributed by atoms with Crippen molar-refractivity contribution in [1.82, 2.24) is 9.21 Å². The van der Waals surface area contributed by atoms with Gasteiger partial charge in [0, 0.05) is 32.2 Å². The lowest BCUT2D eigenvalue weighted by Crippen LogP contribution is -2.54. The summed E-state index contributed by atoms with van der Waals surface area (Å²) in [6.07, 6.45) is 0. The van der Waals surface area contributed by atoms with Crippen LogP contribution in [0.2, 0.25) is 0 Å². The largest absolute Gasteiger partial charge is 0.490 e. The van der Waals surface area contributed by atoms with E-state index in [1.54, 1.807) is 13.0 Å². The molecule has 0 aromatic heterocycles. The maximum absolute atomic E-state index is 12.9. The van der Waals surface area contributed by atoms with Gasteiger partial charge in [0.2, 0.25) is 15.9 Å². The maximum atomic E-state index is 12.9. The number of hydrogen-bond donors (Lipinski definition) is 1. The minimum atomic E-state index is -3.65. The molecule has 0 spiro atoms. The smallest absolute Gasteiger partial charge is 0.243 e. The lowest BCUT2D eigenvalue weighted by molar-refractivity contribution is -0.123. The van der Waals surface area contributed by atoms with E-state index in [1.165, 1.54) is 16.4 Å². The number of nitrogens with zero attached hydrogens (tertiary/aromatic N) is 2. The van der Waals surface area contributed by atoms with E-state index in [4.69, 9.17) is 15.2 Å². The van der Waals surface area contributed by atoms with E-state index in [0.717, 1.165) is 0 Å². The van der Waals surface area contributed by atoms with Gasteiger partial charge < -0.3 is 15.2 Å². The predicted molar refractivity (Wildman–Crippen MR) is 97.8 cm³/mol. The molecule has 1 aromatic carbocycles. The number of amides is 1. The number of hydrogen-bond acceptors (Lipinski definition) is 6. The number of rotatable bonds is 8. The fraction of sp³-hybridized carbons (Fsp3) is 0.588. The Bertz CT molecular complexity index is 730. The summed E-state index contributed by atoms with van der Waals surface area (Å²) in [5, 5.41) is 0. The summed E-state index contributed by atoms with van der Waals surface area (Å²) in [7, 11) is -3.65. The summed E-state index contributed by atoms with van der Waals surface area (Å²) in [6.45, 7) is 7.81. The summed E-state index contributed by atoms with van der Waals surface area (Å²) in [4.78, 5) is 13.4. The molecule has 2 rings (SSSR count). The van der Waals surface area contributed by atoms with Gasteiger partial charge in [-0.05, 0) is 32.9 Å². The van der Waals surface area contributed by atoms with Crippen LogP contribution < -0.4 is 15.2 Å². The van der Waals surface area contributed by atoms with Gasteiger partial charge in [0.15, 0.2) is 11.5 Å². The zero-order chi connectivity index (χ0) is 19.3. The van der Waals surface area contributed by atoms with Gasteiger partial charge in [-0.25, -0.2) is 8.42 Å². The highest BCUT2D eigenvalue weighted by atomic mass is 32.2. The molecule has 1 heterocycles. The molecule has 0 radical (unpaired) electrons. The zero-order valence-corrected chi connectivity index (χ0v) is 16.3. The molecule has 1 atom stereocenters. The molecule has 0 bridgehead atoms. The summed E-state index contributed by atoms with van der Waals surface area (Å²) < 4.78 is 38.3. The van der Waals surface area contributed by atoms with Crippen LogP contribution in [0.5, 0.6) is 11.5 Å². The SMILES string of the molecule is CCOc1ccc(S(=O)(=O)N2CCN([C@H](C)C(N)=O)CC2)cc1OCC. The normalized spacial score (nSPS) is 17.7. The van der Waals surface area contributed by atoms with Crippen LogP contribution in [0.25, 0.3) is 0 Å². The fourth-order valence-corrected chi connectivity index (χ4v) is 4.29. The quantitative estimate of drug-likeness (QED) is 0.705. The molecule has 1 fully saturated rings. The number of primary amides is 1. The predicted octanol–water partition coefficient (Wildman–Crippen LogP) is 0.664. The number of nitrogens with two attached hydrogens (primary N) is 1. The second-order valence-electron chi connectivity index (χ2n) is 5.99. The van der Waals surface area contributed by atoms with E-state index in [9.17, 15) is 13.2 Å². The Hall–Kier alpha value is -1.84. The molecule has 1 saturated heterocycles. The Morgan fingerprint density at radius 3 is 2.23 bits per heavy atom. The number of carbonyl (C=O) groups excluding carboxylic acids is 1. The topological polar surface area (TPSA) is 102 Å². The molecule has 1 aromatic rings. The third-order valence-electron chi connectivity index (χ3n) is 4.39. The maximum Gasteiger partial charge on any atom is 0.243 e. The Labute approximate surface area is 154 Å². The van der Waals surface area contributed by atoms with Crippen LogP contribution >= 0.6 is 0 Å². The lowest BCUT2D eigenvalue weighted by Gasteiger charge is -2.36. The molecular weight excluding hydrogens is 358 g/mol. The highest BCUT2D eigenvalue weighted by Crippen LogP contribution is 2.31. The molecule has 146 valence electrons. The first-order chi connectivity index (χ1) is 12.3. The highest BCUT2D eigenvalue weighted by molar-refractivity contribution is 7.89. The van der Waals surface area contributed by atoms with Crippen LogP contribution in [-0.2, 0) is 14.8 Å². The second-order valence-corrected chi connectivity index (χ2v) is 7.93. The Morgan fingerprint density at radius 2 is 1.69 bits per heavy atom. The fourth-order valence-electron chi connectivity index (χ4n) is 2.85. The summed E-state index contributed by atoms with van der Waals surface area (Å²) >= 11 is 0. The minimum absolute atomic E-state index is 0.167. The van der Waals surface area contributed by atoms with Gasteiger partial charge in [-0.3, -0.25) is 9.69 Å². The van der Waals surface area contributed by atoms with Gasteiger partial charge in [-0.1, -0.05) is 0 Å². The Balaban J connectivity index is 2.17. The molecule has 1 amide bonds. The summed E-state index contributed by atoms with van der Waals surface area (Å²) in [6, 6.07) is 4.24. The van der Waals surface area contributed by atoms with E-state index in [1.807, 2.05) is 18.7 Å². The van der Waals surface area contributed by atoms with Crippen molar-refractivity contribution in [2.24, 2.45) is 5.73 Å². The van der Waals surface area contributed by atoms with Crippen molar-refractivity contribution in [3.05, 3.63) is 18.2 Å². The van der Waals surface area contributed by atoms with Gasteiger partial charge in [-0.2, -0.15) is 4.31 Å². The molecular formula is C17H27N3O5S. The van der Waals surface area contributed by atoms with E-state index in [2.05, 4.69) is 0 Å². The van der Waals surface area contributed by atoms with E-state index in [0.29, 0.717) is 50.9 Å². The van der Waals surface area contributed by atoms with Gasteiger partial charge >= 0.3 is 0 Å². The van der Waals surface area contributed by atoms with Crippen molar-refractivity contribution in [1.29, 1.82) is 0 Å². The minimum Gasteiger partial charge on any atom is -0.490 e. The highest BCUT2D eigenvalue weighted by Gasteiger charge is 2.31. The molecule has 26 heavy (non-hydrogen) atoms. The molecule has 2 N–H and O–H groups in total. The first kappa shape index (κ1) is 20.5. The first-order valence-electron chi connectivity index (χ1n) is 8.74. The molecule has 0 aliphatic carbocycles. The van der Waals surface area contributed by atoms with Crippen molar-refractivity contribution in [3.8, 4) is 11.5 Å². The molecule has 1 aliphatic heterocycles. The zero-order valence-electron chi connectivity index (χ0n) is 15.5. The van der Waals surface area contributed by atoms with Crippen molar-refractivity contribution in [3.63, 3.8) is 0 Å². The Morgan fingerprint density at radius 1 is 1.12 bits per heavy atom. The number of benzene rings is 1. The van der Waals surface area contributed by atoms with Gasteiger partial charge in [0.1, 0.15) is 0 Å². The van der Waals surface area contributed by atoms with Crippen LogP contribution in [-0.4, -0.2) is 69.0 Å². The standard InChI is InChI=1S/C17H27N3O5S/c1-4-24-15-7-6-14(12-16(15)25-5-2)26(22,23)20-10-8-19(9-11-20)13(3)17(18)21/h6-7,12-13H,4-5,8-11H2,1-3H3,(H2,18,21)/t13-/m1/s1. The monoisotopic (exact) mass is 385 g/mol. The number of ether oxygens (including phenoxy) is 2. The molecule has 9 heteroatoms. The molecule has 8 nitrogen and oxygen atoms in total. The van der Waals surface area contributed by atoms with Crippen molar-refractivity contribution >= 4 is 15.9 Å². The van der Waals surface area contributed by atoms with E-state index in [-0.39, 0.29) is 4.90 Å². The van der Waals surface area contributed by atoms with Crippen LogP contribution in [0.1, 0.15) is 20.8 Å². The van der Waals surface area contributed by atoms with Crippen molar-refractivity contribution in [2.45, 2.75) is 31.7 Å². The van der Waals surface area contributed by atoms with Crippen LogP contribution in [0, 0.1) is 0 Å². The average molecular weight is 385 g/mol. The molecule has 1 aliphatic rings. The van der Waals surface area contributed by atoms with Gasteiger partial charge in [-0.15, -0.1) is 0 Å². The van der Waals surface area contributed by atoms with Crippen LogP contribution in [0.4, 0.5) is 0 Å². The molecule has 0 unspecified atom stereocenters. The summed E-state index contributed by atoms with van der Waals surface area (Å²) in [5.41, 5.74) is 5.32. The van der Waals surface area contributed by atoms with Crippen molar-refractivity contribution in [2.75, 3.05) is 39.4 Å². The Kier molecular flexibility index (Phi) is 6.85. The van der Waals surface area contributed by atoms with Gasteiger partial charge in [0.25, 0.3) is 0 Å². The van der Waals surface area contributed by atoms with Crippen molar-refractivity contribution < 1.29 is 22.7 Å². The van der Waals surface area contributed by atoms with Crippen LogP contribution in [0.15, 0.2) is 23.1 Å². The number of sulfonamides is 1. The lowest BCUT2D eigenvalue weighted by atomic mass is 10.2.